The van der Waals surface area contributed by atoms with Crippen LogP contribution >= 0.6 is 23.2 Å². The van der Waals surface area contributed by atoms with Gasteiger partial charge in [-0.1, -0.05) is 41.3 Å². The van der Waals surface area contributed by atoms with Gasteiger partial charge in [-0.2, -0.15) is 0 Å². The molecule has 10 heteroatoms. The predicted octanol–water partition coefficient (Wildman–Crippen LogP) is 5.11. The van der Waals surface area contributed by atoms with Crippen LogP contribution in [0, 0.1) is 12.3 Å². The average Bonchev–Trinajstić information content (AvgIpc) is 2.91. The molecule has 218 valence electrons. The molecule has 2 aromatic carbocycles. The summed E-state index contributed by atoms with van der Waals surface area (Å²) in [5.74, 6) is 3.10. The van der Waals surface area contributed by atoms with Crippen LogP contribution < -0.4 is 10.1 Å². The number of aromatic hydroxyl groups is 1. The molecular weight excluding hydrogens is 555 g/mol. The fourth-order valence-electron chi connectivity index (χ4n) is 4.20. The van der Waals surface area contributed by atoms with Gasteiger partial charge in [-0.3, -0.25) is 0 Å². The molecule has 40 heavy (non-hydrogen) atoms. The lowest BCUT2D eigenvalue weighted by molar-refractivity contribution is -0.0415. The van der Waals surface area contributed by atoms with Gasteiger partial charge in [-0.05, 0) is 62.6 Å². The van der Waals surface area contributed by atoms with Crippen molar-refractivity contribution in [2.75, 3.05) is 46.0 Å². The molecule has 0 saturated carbocycles. The molecule has 2 fully saturated rings. The topological polar surface area (TPSA) is 89.5 Å². The van der Waals surface area contributed by atoms with Crippen molar-refractivity contribution in [2.45, 2.75) is 51.4 Å². The standard InChI is InChI=1S/C16H22ClNO4.C14H16ClNO2/c1-16(2,3)22-15(20)18-6-7-21-12(10-18)8-11-4-5-14(19)13(17)9-11;1-2-6-18-14-4-3-11(9-13(14)15)8-12-10-16-5-7-17-12/h4-5,9,12,19H,6-8,10H2,1-3H3;1,3-4,9,12,16H,5-8,10H2/t2*12-/m11/s1. The Labute approximate surface area is 246 Å². The van der Waals surface area contributed by atoms with E-state index in [2.05, 4.69) is 11.2 Å². The van der Waals surface area contributed by atoms with E-state index in [-0.39, 0.29) is 30.7 Å². The summed E-state index contributed by atoms with van der Waals surface area (Å²) in [5.41, 5.74) is 1.59. The third kappa shape index (κ3) is 10.7. The van der Waals surface area contributed by atoms with Gasteiger partial charge in [0, 0.05) is 26.1 Å². The van der Waals surface area contributed by atoms with E-state index in [0.29, 0.717) is 41.9 Å². The van der Waals surface area contributed by atoms with Crippen molar-refractivity contribution in [3.63, 3.8) is 0 Å². The number of rotatable bonds is 6. The van der Waals surface area contributed by atoms with E-state index < -0.39 is 5.60 Å². The minimum atomic E-state index is -0.505. The van der Waals surface area contributed by atoms with Gasteiger partial charge < -0.3 is 34.3 Å². The van der Waals surface area contributed by atoms with Crippen LogP contribution in [0.25, 0.3) is 0 Å². The lowest BCUT2D eigenvalue weighted by Crippen LogP contribution is -2.48. The zero-order valence-corrected chi connectivity index (χ0v) is 24.8. The minimum Gasteiger partial charge on any atom is -0.506 e. The van der Waals surface area contributed by atoms with Crippen molar-refractivity contribution in [1.82, 2.24) is 10.2 Å². The highest BCUT2D eigenvalue weighted by molar-refractivity contribution is 6.32. The molecule has 0 radical (unpaired) electrons. The van der Waals surface area contributed by atoms with Crippen LogP contribution in [0.4, 0.5) is 4.79 Å². The molecule has 0 bridgehead atoms. The van der Waals surface area contributed by atoms with Crippen LogP contribution in [0.3, 0.4) is 0 Å². The Morgan fingerprint density at radius 1 is 1.10 bits per heavy atom. The molecule has 8 nitrogen and oxygen atoms in total. The summed E-state index contributed by atoms with van der Waals surface area (Å²) in [4.78, 5) is 13.8. The summed E-state index contributed by atoms with van der Waals surface area (Å²) in [6.45, 7) is 9.84. The number of phenolic OH excluding ortho intramolecular Hbond substituents is 1. The van der Waals surface area contributed by atoms with E-state index in [1.807, 2.05) is 39.0 Å². The number of carbonyl (C=O) groups excluding carboxylic acids is 1. The van der Waals surface area contributed by atoms with Gasteiger partial charge in [0.1, 0.15) is 23.7 Å². The number of hydrogen-bond acceptors (Lipinski definition) is 7. The molecule has 2 aliphatic rings. The number of benzene rings is 2. The van der Waals surface area contributed by atoms with Crippen molar-refractivity contribution in [3.05, 3.63) is 57.6 Å². The summed E-state index contributed by atoms with van der Waals surface area (Å²) >= 11 is 12.0. The van der Waals surface area contributed by atoms with Gasteiger partial charge in [-0.15, -0.1) is 6.42 Å². The van der Waals surface area contributed by atoms with Gasteiger partial charge in [0.25, 0.3) is 0 Å². The maximum Gasteiger partial charge on any atom is 0.410 e. The molecule has 0 aromatic heterocycles. The molecular formula is C30H38Cl2N2O6. The lowest BCUT2D eigenvalue weighted by Gasteiger charge is -2.34. The molecule has 0 aliphatic carbocycles. The first-order valence-corrected chi connectivity index (χ1v) is 14.0. The molecule has 0 unspecified atom stereocenters. The van der Waals surface area contributed by atoms with Crippen molar-refractivity contribution < 1.29 is 28.8 Å². The number of terminal acetylenes is 1. The number of nitrogens with one attached hydrogen (secondary N) is 1. The smallest absolute Gasteiger partial charge is 0.410 e. The van der Waals surface area contributed by atoms with Crippen LogP contribution in [-0.2, 0) is 27.1 Å². The van der Waals surface area contributed by atoms with E-state index in [4.69, 9.17) is 48.6 Å². The Bertz CT molecular complexity index is 1160. The molecule has 2 aromatic rings. The maximum atomic E-state index is 12.1. The predicted molar refractivity (Wildman–Crippen MR) is 156 cm³/mol. The highest BCUT2D eigenvalue weighted by Gasteiger charge is 2.28. The second-order valence-electron chi connectivity index (χ2n) is 10.6. The van der Waals surface area contributed by atoms with Gasteiger partial charge in [0.2, 0.25) is 0 Å². The third-order valence-corrected chi connectivity index (χ3v) is 6.64. The number of morpholine rings is 2. The summed E-state index contributed by atoms with van der Waals surface area (Å²) in [6, 6.07) is 10.8. The average molecular weight is 594 g/mol. The van der Waals surface area contributed by atoms with Crippen LogP contribution in [0.5, 0.6) is 11.5 Å². The number of ether oxygens (including phenoxy) is 4. The lowest BCUT2D eigenvalue weighted by atomic mass is 10.1. The van der Waals surface area contributed by atoms with Gasteiger partial charge in [0.05, 0.1) is 42.0 Å². The number of halogens is 2. The first-order valence-electron chi connectivity index (χ1n) is 13.3. The van der Waals surface area contributed by atoms with E-state index >= 15 is 0 Å². The Morgan fingerprint density at radius 3 is 2.40 bits per heavy atom. The molecule has 2 saturated heterocycles. The van der Waals surface area contributed by atoms with Crippen molar-refractivity contribution in [2.24, 2.45) is 0 Å². The number of nitrogens with zero attached hydrogens (tertiary/aromatic N) is 1. The fraction of sp³-hybridized carbons (Fsp3) is 0.500. The van der Waals surface area contributed by atoms with E-state index in [0.717, 1.165) is 37.2 Å². The number of carbonyl (C=O) groups is 1. The monoisotopic (exact) mass is 592 g/mol. The molecule has 4 rings (SSSR count). The number of hydrogen-bond donors (Lipinski definition) is 2. The normalized spacial score (nSPS) is 19.1. The third-order valence-electron chi connectivity index (χ3n) is 6.04. The Hall–Kier alpha value is -2.67. The first-order chi connectivity index (χ1) is 19.0. The highest BCUT2D eigenvalue weighted by atomic mass is 35.5. The number of phenols is 1. The van der Waals surface area contributed by atoms with Gasteiger partial charge in [-0.25, -0.2) is 4.79 Å². The van der Waals surface area contributed by atoms with E-state index in [1.165, 1.54) is 0 Å². The SMILES string of the molecule is C#CCOc1ccc(C[C@@H]2CNCCO2)cc1Cl.CC(C)(C)OC(=O)N1CCO[C@H](Cc2ccc(O)c(Cl)c2)C1. The molecule has 2 atom stereocenters. The zero-order valence-electron chi connectivity index (χ0n) is 23.3. The maximum absolute atomic E-state index is 12.1. The van der Waals surface area contributed by atoms with Crippen LogP contribution in [-0.4, -0.2) is 79.9 Å². The Kier molecular flexibility index (Phi) is 12.2. The molecule has 2 N–H and O–H groups in total. The van der Waals surface area contributed by atoms with Gasteiger partial charge >= 0.3 is 6.09 Å². The highest BCUT2D eigenvalue weighted by Crippen LogP contribution is 2.27. The summed E-state index contributed by atoms with van der Waals surface area (Å²) < 4.78 is 22.1. The quantitative estimate of drug-likeness (QED) is 0.451. The van der Waals surface area contributed by atoms with Crippen LogP contribution in [0.2, 0.25) is 10.0 Å². The first kappa shape index (κ1) is 31.9. The molecule has 2 heterocycles. The Morgan fingerprint density at radius 2 is 1.77 bits per heavy atom. The second-order valence-corrected chi connectivity index (χ2v) is 11.4. The largest absolute Gasteiger partial charge is 0.506 e. The molecule has 1 amide bonds. The minimum absolute atomic E-state index is 0.0605. The molecule has 0 spiro atoms. The van der Waals surface area contributed by atoms with E-state index in [1.54, 1.807) is 23.1 Å². The van der Waals surface area contributed by atoms with E-state index in [9.17, 15) is 9.90 Å². The Balaban J connectivity index is 0.000000225. The van der Waals surface area contributed by atoms with Crippen molar-refractivity contribution in [1.29, 1.82) is 0 Å². The van der Waals surface area contributed by atoms with Crippen LogP contribution in [0.1, 0.15) is 31.9 Å². The summed E-state index contributed by atoms with van der Waals surface area (Å²) in [6.07, 6.45) is 6.40. The fourth-order valence-corrected chi connectivity index (χ4v) is 4.66. The van der Waals surface area contributed by atoms with Crippen LogP contribution in [0.15, 0.2) is 36.4 Å². The van der Waals surface area contributed by atoms with Gasteiger partial charge in [0.15, 0.2) is 0 Å². The number of amides is 1. The molecule has 2 aliphatic heterocycles. The summed E-state index contributed by atoms with van der Waals surface area (Å²) in [7, 11) is 0. The summed E-state index contributed by atoms with van der Waals surface area (Å²) in [5, 5.41) is 13.7. The van der Waals surface area contributed by atoms with Crippen molar-refractivity contribution >= 4 is 29.3 Å². The van der Waals surface area contributed by atoms with Crippen molar-refractivity contribution in [3.8, 4) is 23.8 Å². The zero-order chi connectivity index (χ0) is 29.1. The second kappa shape index (κ2) is 15.4.